The summed E-state index contributed by atoms with van der Waals surface area (Å²) in [5.74, 6) is -0.551. The fourth-order valence-corrected chi connectivity index (χ4v) is 6.27. The minimum absolute atomic E-state index is 0.0392. The molecule has 0 fully saturated rings. The van der Waals surface area contributed by atoms with E-state index in [9.17, 15) is 18.0 Å². The number of nitrogens with zero attached hydrogens (tertiary/aromatic N) is 2. The molecule has 0 aliphatic rings. The van der Waals surface area contributed by atoms with Crippen LogP contribution in [0.3, 0.4) is 0 Å². The zero-order valence-corrected chi connectivity index (χ0v) is 28.0. The van der Waals surface area contributed by atoms with Crippen molar-refractivity contribution in [2.24, 2.45) is 0 Å². The molecule has 0 saturated carbocycles. The van der Waals surface area contributed by atoms with Gasteiger partial charge in [0.05, 0.1) is 17.2 Å². The predicted molar refractivity (Wildman–Crippen MR) is 172 cm³/mol. The first-order chi connectivity index (χ1) is 19.8. The number of sulfonamides is 1. The number of rotatable bonds is 12. The molecule has 0 radical (unpaired) electrons. The zero-order valence-electron chi connectivity index (χ0n) is 24.8. The van der Waals surface area contributed by atoms with Crippen LogP contribution in [0.1, 0.15) is 40.2 Å². The molecule has 42 heavy (non-hydrogen) atoms. The van der Waals surface area contributed by atoms with Crippen LogP contribution in [0.15, 0.2) is 87.1 Å². The lowest BCUT2D eigenvalue weighted by molar-refractivity contribution is -0.140. The highest BCUT2D eigenvalue weighted by Gasteiger charge is 2.34. The first-order valence-electron chi connectivity index (χ1n) is 13.5. The number of carbonyl (C=O) groups is 2. The van der Waals surface area contributed by atoms with Crippen LogP contribution >= 0.6 is 27.7 Å². The van der Waals surface area contributed by atoms with Gasteiger partial charge < -0.3 is 15.0 Å². The average Bonchev–Trinajstić information content (AvgIpc) is 2.94. The van der Waals surface area contributed by atoms with Gasteiger partial charge in [-0.15, -0.1) is 11.8 Å². The molecule has 2 amide bonds. The minimum Gasteiger partial charge on any atom is -0.492 e. The third-order valence-corrected chi connectivity index (χ3v) is 9.34. The van der Waals surface area contributed by atoms with Crippen LogP contribution in [0.25, 0.3) is 0 Å². The molecule has 0 saturated heterocycles. The highest BCUT2D eigenvalue weighted by atomic mass is 79.9. The van der Waals surface area contributed by atoms with Crippen molar-refractivity contribution < 1.29 is 22.7 Å². The summed E-state index contributed by atoms with van der Waals surface area (Å²) < 4.78 is 36.0. The van der Waals surface area contributed by atoms with E-state index < -0.39 is 34.1 Å². The monoisotopic (exact) mass is 675 g/mol. The smallest absolute Gasteiger partial charge is 0.264 e. The Bertz CT molecular complexity index is 1470. The molecule has 11 heteroatoms. The van der Waals surface area contributed by atoms with Crippen LogP contribution < -0.4 is 14.4 Å². The molecule has 3 rings (SSSR count). The highest BCUT2D eigenvalue weighted by molar-refractivity contribution is 9.10. The number of thioether (sulfide) groups is 1. The Labute approximate surface area is 262 Å². The Kier molecular flexibility index (Phi) is 11.5. The van der Waals surface area contributed by atoms with Gasteiger partial charge in [0.2, 0.25) is 11.8 Å². The van der Waals surface area contributed by atoms with Crippen molar-refractivity contribution in [1.29, 1.82) is 0 Å². The van der Waals surface area contributed by atoms with E-state index in [0.29, 0.717) is 12.4 Å². The lowest BCUT2D eigenvalue weighted by Crippen LogP contribution is -2.54. The normalized spacial score (nSPS) is 12.4. The summed E-state index contributed by atoms with van der Waals surface area (Å²) in [6, 6.07) is 19.8. The Balaban J connectivity index is 2.09. The van der Waals surface area contributed by atoms with Gasteiger partial charge in [0.15, 0.2) is 0 Å². The van der Waals surface area contributed by atoms with Gasteiger partial charge in [-0.1, -0.05) is 40.2 Å². The van der Waals surface area contributed by atoms with Gasteiger partial charge >= 0.3 is 0 Å². The molecule has 0 aliphatic heterocycles. The van der Waals surface area contributed by atoms with E-state index in [1.54, 1.807) is 50.2 Å². The van der Waals surface area contributed by atoms with Crippen molar-refractivity contribution in [2.45, 2.75) is 62.5 Å². The topological polar surface area (TPSA) is 96.0 Å². The fraction of sp³-hybridized carbons (Fsp3) is 0.355. The van der Waals surface area contributed by atoms with E-state index in [2.05, 4.69) is 21.2 Å². The second-order valence-electron chi connectivity index (χ2n) is 10.7. The van der Waals surface area contributed by atoms with Gasteiger partial charge in [-0.25, -0.2) is 8.42 Å². The molecule has 3 aromatic carbocycles. The molecule has 0 aliphatic carbocycles. The number of benzene rings is 3. The standard InChI is InChI=1S/C31H38BrN3O5S2/c1-7-40-28-11-9-8-10-27(28)35(42(38,39)26-18-16-25(41-6)17-19-26)21-29(36)34(20-23-12-14-24(32)15-13-23)22(2)30(37)33-31(3,4)5/h8-19,22H,7,20-21H2,1-6H3,(H,33,37)/t22-/m1/s1. The van der Waals surface area contributed by atoms with Crippen LogP contribution in [0.2, 0.25) is 0 Å². The quantitative estimate of drug-likeness (QED) is 0.233. The Morgan fingerprint density at radius 2 is 1.62 bits per heavy atom. The summed E-state index contributed by atoms with van der Waals surface area (Å²) in [5.41, 5.74) is 0.502. The maximum absolute atomic E-state index is 14.1. The number of anilines is 1. The van der Waals surface area contributed by atoms with Crippen LogP contribution in [-0.2, 0) is 26.2 Å². The largest absolute Gasteiger partial charge is 0.492 e. The summed E-state index contributed by atoms with van der Waals surface area (Å²) in [5, 5.41) is 2.93. The van der Waals surface area contributed by atoms with E-state index in [1.807, 2.05) is 51.3 Å². The fourth-order valence-electron chi connectivity index (χ4n) is 4.17. The minimum atomic E-state index is -4.21. The molecule has 0 aromatic heterocycles. The summed E-state index contributed by atoms with van der Waals surface area (Å²) in [4.78, 5) is 29.8. The summed E-state index contributed by atoms with van der Waals surface area (Å²) in [7, 11) is -4.21. The predicted octanol–water partition coefficient (Wildman–Crippen LogP) is 6.10. The molecular weight excluding hydrogens is 638 g/mol. The number of carbonyl (C=O) groups excluding carboxylic acids is 2. The number of ether oxygens (including phenoxy) is 1. The summed E-state index contributed by atoms with van der Waals surface area (Å²) >= 11 is 4.92. The lowest BCUT2D eigenvalue weighted by Gasteiger charge is -2.33. The van der Waals surface area contributed by atoms with Gasteiger partial charge in [0.1, 0.15) is 18.3 Å². The molecule has 3 aromatic rings. The maximum atomic E-state index is 14.1. The Morgan fingerprint density at radius 1 is 1.00 bits per heavy atom. The van der Waals surface area contributed by atoms with Crippen molar-refractivity contribution >= 4 is 55.2 Å². The number of halogens is 1. The van der Waals surface area contributed by atoms with Crippen molar-refractivity contribution in [3.05, 3.63) is 82.8 Å². The van der Waals surface area contributed by atoms with Crippen molar-refractivity contribution in [1.82, 2.24) is 10.2 Å². The van der Waals surface area contributed by atoms with Crippen molar-refractivity contribution in [2.75, 3.05) is 23.7 Å². The second kappa shape index (κ2) is 14.4. The number of para-hydroxylation sites is 2. The number of hydrogen-bond acceptors (Lipinski definition) is 6. The first kappa shape index (κ1) is 33.5. The highest BCUT2D eigenvalue weighted by Crippen LogP contribution is 2.33. The number of amides is 2. The maximum Gasteiger partial charge on any atom is 0.264 e. The van der Waals surface area contributed by atoms with Crippen LogP contribution in [-0.4, -0.2) is 56.1 Å². The zero-order chi connectivity index (χ0) is 31.1. The summed E-state index contributed by atoms with van der Waals surface area (Å²) in [6.45, 7) is 8.90. The Hall–Kier alpha value is -3.02. The van der Waals surface area contributed by atoms with E-state index in [4.69, 9.17) is 4.74 Å². The van der Waals surface area contributed by atoms with E-state index in [-0.39, 0.29) is 23.0 Å². The molecule has 1 atom stereocenters. The van der Waals surface area contributed by atoms with Gasteiger partial charge in [0.25, 0.3) is 10.0 Å². The van der Waals surface area contributed by atoms with E-state index in [0.717, 1.165) is 19.2 Å². The van der Waals surface area contributed by atoms with Crippen LogP contribution in [0, 0.1) is 0 Å². The van der Waals surface area contributed by atoms with Crippen LogP contribution in [0.4, 0.5) is 5.69 Å². The number of nitrogens with one attached hydrogen (secondary N) is 1. The number of hydrogen-bond donors (Lipinski definition) is 1. The van der Waals surface area contributed by atoms with Crippen LogP contribution in [0.5, 0.6) is 5.75 Å². The molecule has 0 spiro atoms. The molecule has 8 nitrogen and oxygen atoms in total. The molecule has 226 valence electrons. The van der Waals surface area contributed by atoms with Gasteiger partial charge in [-0.3, -0.25) is 13.9 Å². The molecular formula is C31H38BrN3O5S2. The van der Waals surface area contributed by atoms with Gasteiger partial charge in [-0.05, 0) is 95.0 Å². The molecule has 0 unspecified atom stereocenters. The molecule has 0 heterocycles. The molecule has 0 bridgehead atoms. The third-order valence-electron chi connectivity index (χ3n) is 6.29. The Morgan fingerprint density at radius 3 is 2.19 bits per heavy atom. The van der Waals surface area contributed by atoms with Gasteiger partial charge in [0, 0.05) is 21.5 Å². The summed E-state index contributed by atoms with van der Waals surface area (Å²) in [6.07, 6.45) is 1.91. The van der Waals surface area contributed by atoms with Crippen molar-refractivity contribution in [3.63, 3.8) is 0 Å². The van der Waals surface area contributed by atoms with Crippen molar-refractivity contribution in [3.8, 4) is 5.75 Å². The van der Waals surface area contributed by atoms with E-state index >= 15 is 0 Å². The average molecular weight is 677 g/mol. The first-order valence-corrected chi connectivity index (χ1v) is 17.0. The SMILES string of the molecule is CCOc1ccccc1N(CC(=O)N(Cc1ccc(Br)cc1)[C@H](C)C(=O)NC(C)(C)C)S(=O)(=O)c1ccc(SC)cc1. The van der Waals surface area contributed by atoms with Gasteiger partial charge in [-0.2, -0.15) is 0 Å². The molecule has 1 N–H and O–H groups in total. The second-order valence-corrected chi connectivity index (χ2v) is 14.3. The lowest BCUT2D eigenvalue weighted by atomic mass is 10.1. The van der Waals surface area contributed by atoms with E-state index in [1.165, 1.54) is 28.8 Å². The third kappa shape index (κ3) is 8.75.